The van der Waals surface area contributed by atoms with Gasteiger partial charge in [0.1, 0.15) is 6.10 Å². The Balaban J connectivity index is 2.31. The van der Waals surface area contributed by atoms with Crippen LogP contribution < -0.4 is 5.32 Å². The monoisotopic (exact) mass is 293 g/mol. The van der Waals surface area contributed by atoms with Gasteiger partial charge in [-0.25, -0.2) is 0 Å². The molecule has 4 heteroatoms. The molecule has 1 unspecified atom stereocenters. The van der Waals surface area contributed by atoms with E-state index < -0.39 is 6.10 Å². The Hall–Kier alpha value is -1.39. The molecule has 4 nitrogen and oxygen atoms in total. The van der Waals surface area contributed by atoms with Gasteiger partial charge in [0, 0.05) is 13.2 Å². The van der Waals surface area contributed by atoms with Crippen LogP contribution in [0.2, 0.25) is 0 Å². The maximum atomic E-state index is 12.0. The van der Waals surface area contributed by atoms with Gasteiger partial charge in [-0.1, -0.05) is 44.2 Å². The Morgan fingerprint density at radius 1 is 1.33 bits per heavy atom. The van der Waals surface area contributed by atoms with Crippen molar-refractivity contribution in [3.63, 3.8) is 0 Å². The summed E-state index contributed by atoms with van der Waals surface area (Å²) in [6.45, 7) is 7.14. The fraction of sp³-hybridized carbons (Fsp3) is 0.588. The smallest absolute Gasteiger partial charge is 0.248 e. The molecule has 1 aromatic rings. The normalized spacial score (nSPS) is 13.0. The quantitative estimate of drug-likeness (QED) is 0.735. The Bertz CT molecular complexity index is 417. The molecule has 0 saturated heterocycles. The van der Waals surface area contributed by atoms with Crippen LogP contribution >= 0.6 is 0 Å². The summed E-state index contributed by atoms with van der Waals surface area (Å²) < 4.78 is 5.58. The molecule has 0 aliphatic carbocycles. The molecule has 0 heterocycles. The molecule has 0 radical (unpaired) electrons. The molecular formula is C17H27NO3. The summed E-state index contributed by atoms with van der Waals surface area (Å²) in [6.07, 6.45) is 1.16. The Morgan fingerprint density at radius 3 is 2.62 bits per heavy atom. The second-order valence-corrected chi connectivity index (χ2v) is 6.15. The molecule has 118 valence electrons. The van der Waals surface area contributed by atoms with E-state index in [-0.39, 0.29) is 17.9 Å². The Morgan fingerprint density at radius 2 is 2.00 bits per heavy atom. The van der Waals surface area contributed by atoms with E-state index in [1.54, 1.807) is 6.92 Å². The maximum Gasteiger partial charge on any atom is 0.248 e. The van der Waals surface area contributed by atoms with Crippen LogP contribution in [0.3, 0.4) is 0 Å². The summed E-state index contributed by atoms with van der Waals surface area (Å²) in [7, 11) is 0. The van der Waals surface area contributed by atoms with E-state index in [9.17, 15) is 4.79 Å². The molecule has 1 amide bonds. The van der Waals surface area contributed by atoms with Crippen molar-refractivity contribution in [1.82, 2.24) is 5.32 Å². The molecule has 0 bridgehead atoms. The van der Waals surface area contributed by atoms with Gasteiger partial charge in [0.05, 0.1) is 6.61 Å². The van der Waals surface area contributed by atoms with Crippen molar-refractivity contribution in [2.45, 2.75) is 46.3 Å². The van der Waals surface area contributed by atoms with Gasteiger partial charge >= 0.3 is 0 Å². The fourth-order valence-electron chi connectivity index (χ4n) is 1.99. The van der Waals surface area contributed by atoms with Gasteiger partial charge in [0.2, 0.25) is 5.91 Å². The van der Waals surface area contributed by atoms with Crippen LogP contribution in [0, 0.1) is 5.41 Å². The SMILES string of the molecule is CC(OCc1ccccc1)C(=O)NCC(C)(C)CCCO. The third kappa shape index (κ3) is 7.25. The van der Waals surface area contributed by atoms with Crippen molar-refractivity contribution >= 4 is 5.91 Å². The van der Waals surface area contributed by atoms with E-state index in [0.29, 0.717) is 13.2 Å². The zero-order valence-electron chi connectivity index (χ0n) is 13.3. The maximum absolute atomic E-state index is 12.0. The van der Waals surface area contributed by atoms with E-state index >= 15 is 0 Å². The number of amides is 1. The van der Waals surface area contributed by atoms with Crippen LogP contribution in [0.25, 0.3) is 0 Å². The first-order valence-corrected chi connectivity index (χ1v) is 7.49. The van der Waals surface area contributed by atoms with Crippen LogP contribution in [-0.2, 0) is 16.1 Å². The first kappa shape index (κ1) is 17.7. The van der Waals surface area contributed by atoms with E-state index in [1.165, 1.54) is 0 Å². The highest BCUT2D eigenvalue weighted by Gasteiger charge is 2.20. The molecule has 0 aliphatic rings. The highest BCUT2D eigenvalue weighted by atomic mass is 16.5. The zero-order chi connectivity index (χ0) is 15.7. The molecular weight excluding hydrogens is 266 g/mol. The number of aliphatic hydroxyl groups is 1. The van der Waals surface area contributed by atoms with Gasteiger partial charge in [-0.15, -0.1) is 0 Å². The Kier molecular flexibility index (Phi) is 7.40. The zero-order valence-corrected chi connectivity index (χ0v) is 13.3. The van der Waals surface area contributed by atoms with Gasteiger partial charge in [-0.05, 0) is 30.7 Å². The summed E-state index contributed by atoms with van der Waals surface area (Å²) >= 11 is 0. The van der Waals surface area contributed by atoms with E-state index in [0.717, 1.165) is 18.4 Å². The topological polar surface area (TPSA) is 58.6 Å². The third-order valence-electron chi connectivity index (χ3n) is 3.46. The third-order valence-corrected chi connectivity index (χ3v) is 3.46. The lowest BCUT2D eigenvalue weighted by Gasteiger charge is -2.25. The van der Waals surface area contributed by atoms with Gasteiger partial charge < -0.3 is 15.2 Å². The number of hydrogen-bond donors (Lipinski definition) is 2. The molecule has 1 aromatic carbocycles. The van der Waals surface area contributed by atoms with Gasteiger partial charge in [-0.3, -0.25) is 4.79 Å². The van der Waals surface area contributed by atoms with Crippen molar-refractivity contribution in [2.75, 3.05) is 13.2 Å². The predicted molar refractivity (Wildman–Crippen MR) is 83.8 cm³/mol. The largest absolute Gasteiger partial charge is 0.396 e. The average Bonchev–Trinajstić information content (AvgIpc) is 2.49. The highest BCUT2D eigenvalue weighted by Crippen LogP contribution is 2.20. The summed E-state index contributed by atoms with van der Waals surface area (Å²) in [5.74, 6) is -0.0944. The van der Waals surface area contributed by atoms with Crippen LogP contribution in [0.15, 0.2) is 30.3 Å². The molecule has 21 heavy (non-hydrogen) atoms. The fourth-order valence-corrected chi connectivity index (χ4v) is 1.99. The van der Waals surface area contributed by atoms with Crippen molar-refractivity contribution < 1.29 is 14.6 Å². The number of nitrogens with one attached hydrogen (secondary N) is 1. The second-order valence-electron chi connectivity index (χ2n) is 6.15. The van der Waals surface area contributed by atoms with Gasteiger partial charge in [-0.2, -0.15) is 0 Å². The van der Waals surface area contributed by atoms with Gasteiger partial charge in [0.25, 0.3) is 0 Å². The number of ether oxygens (including phenoxy) is 1. The highest BCUT2D eigenvalue weighted by molar-refractivity contribution is 5.80. The first-order valence-electron chi connectivity index (χ1n) is 7.49. The van der Waals surface area contributed by atoms with Crippen molar-refractivity contribution in [1.29, 1.82) is 0 Å². The minimum Gasteiger partial charge on any atom is -0.396 e. The molecule has 0 saturated carbocycles. The summed E-state index contributed by atoms with van der Waals surface area (Å²) in [5, 5.41) is 11.8. The minimum atomic E-state index is -0.473. The van der Waals surface area contributed by atoms with Gasteiger partial charge in [0.15, 0.2) is 0 Å². The van der Waals surface area contributed by atoms with Crippen LogP contribution in [0.1, 0.15) is 39.2 Å². The van der Waals surface area contributed by atoms with Crippen LogP contribution in [-0.4, -0.2) is 30.3 Å². The molecule has 0 fully saturated rings. The lowest BCUT2D eigenvalue weighted by atomic mass is 9.88. The van der Waals surface area contributed by atoms with Crippen molar-refractivity contribution in [3.8, 4) is 0 Å². The number of rotatable bonds is 9. The standard InChI is InChI=1S/C17H27NO3/c1-14(21-12-15-8-5-4-6-9-15)16(20)18-13-17(2,3)10-7-11-19/h4-6,8-9,14,19H,7,10-13H2,1-3H3,(H,18,20). The lowest BCUT2D eigenvalue weighted by molar-refractivity contribution is -0.132. The van der Waals surface area contributed by atoms with E-state index in [1.807, 2.05) is 30.3 Å². The number of hydrogen-bond acceptors (Lipinski definition) is 3. The van der Waals surface area contributed by atoms with Crippen LogP contribution in [0.4, 0.5) is 0 Å². The Labute approximate surface area is 127 Å². The lowest BCUT2D eigenvalue weighted by Crippen LogP contribution is -2.40. The second kappa shape index (κ2) is 8.80. The van der Waals surface area contributed by atoms with Crippen molar-refractivity contribution in [2.24, 2.45) is 5.41 Å². The number of benzene rings is 1. The van der Waals surface area contributed by atoms with Crippen molar-refractivity contribution in [3.05, 3.63) is 35.9 Å². The molecule has 1 rings (SSSR count). The minimum absolute atomic E-state index is 0.0163. The summed E-state index contributed by atoms with van der Waals surface area (Å²) in [4.78, 5) is 12.0. The summed E-state index contributed by atoms with van der Waals surface area (Å²) in [6, 6.07) is 9.81. The van der Waals surface area contributed by atoms with E-state index in [2.05, 4.69) is 19.2 Å². The molecule has 0 aliphatic heterocycles. The van der Waals surface area contributed by atoms with Crippen LogP contribution in [0.5, 0.6) is 0 Å². The first-order chi connectivity index (χ1) is 9.94. The average molecular weight is 293 g/mol. The number of aliphatic hydroxyl groups excluding tert-OH is 1. The molecule has 0 spiro atoms. The predicted octanol–water partition coefficient (Wildman–Crippen LogP) is 2.51. The summed E-state index contributed by atoms with van der Waals surface area (Å²) in [5.41, 5.74) is 1.04. The molecule has 1 atom stereocenters. The molecule has 2 N–H and O–H groups in total. The van der Waals surface area contributed by atoms with E-state index in [4.69, 9.17) is 9.84 Å². The number of carbonyl (C=O) groups excluding carboxylic acids is 1. The molecule has 0 aromatic heterocycles. The number of carbonyl (C=O) groups is 1.